The van der Waals surface area contributed by atoms with Gasteiger partial charge in [-0.05, 0) is 42.8 Å². The van der Waals surface area contributed by atoms with Crippen LogP contribution in [-0.4, -0.2) is 10.5 Å². The highest BCUT2D eigenvalue weighted by atomic mass is 16.2. The standard InChI is InChI=1S/C15H18N2O/c1-3-17-7-6-11-4-5-12(9-14(11)17)16-15(18)13-8-10(13)2/h4-7,9-10,13H,3,8H2,1-2H3,(H,16,18). The maximum Gasteiger partial charge on any atom is 0.227 e. The largest absolute Gasteiger partial charge is 0.348 e. The van der Waals surface area contributed by atoms with Crippen LogP contribution in [0.2, 0.25) is 0 Å². The van der Waals surface area contributed by atoms with Crippen LogP contribution in [0.15, 0.2) is 30.5 Å². The minimum absolute atomic E-state index is 0.163. The molecule has 0 radical (unpaired) electrons. The number of aryl methyl sites for hydroxylation is 1. The highest BCUT2D eigenvalue weighted by Gasteiger charge is 2.39. The zero-order valence-electron chi connectivity index (χ0n) is 10.8. The van der Waals surface area contributed by atoms with E-state index in [1.54, 1.807) is 0 Å². The summed E-state index contributed by atoms with van der Waals surface area (Å²) in [5.74, 6) is 0.934. The van der Waals surface area contributed by atoms with E-state index in [0.717, 1.165) is 18.7 Å². The molecule has 1 aliphatic carbocycles. The summed E-state index contributed by atoms with van der Waals surface area (Å²) in [4.78, 5) is 11.9. The molecule has 2 atom stereocenters. The summed E-state index contributed by atoms with van der Waals surface area (Å²) in [6.07, 6.45) is 3.11. The van der Waals surface area contributed by atoms with Gasteiger partial charge in [-0.15, -0.1) is 0 Å². The third kappa shape index (κ3) is 1.90. The summed E-state index contributed by atoms with van der Waals surface area (Å²) in [6, 6.07) is 8.21. The number of hydrogen-bond donors (Lipinski definition) is 1. The van der Waals surface area contributed by atoms with Gasteiger partial charge < -0.3 is 9.88 Å². The first-order valence-electron chi connectivity index (χ1n) is 6.59. The van der Waals surface area contributed by atoms with Gasteiger partial charge in [0.25, 0.3) is 0 Å². The molecule has 0 bridgehead atoms. The highest BCUT2D eigenvalue weighted by molar-refractivity contribution is 5.96. The van der Waals surface area contributed by atoms with E-state index in [9.17, 15) is 4.79 Å². The second-order valence-corrected chi connectivity index (χ2v) is 5.18. The van der Waals surface area contributed by atoms with Crippen molar-refractivity contribution in [2.75, 3.05) is 5.32 Å². The number of anilines is 1. The van der Waals surface area contributed by atoms with Crippen molar-refractivity contribution in [1.29, 1.82) is 0 Å². The van der Waals surface area contributed by atoms with Crippen LogP contribution in [-0.2, 0) is 11.3 Å². The van der Waals surface area contributed by atoms with Gasteiger partial charge in [-0.2, -0.15) is 0 Å². The van der Waals surface area contributed by atoms with E-state index in [-0.39, 0.29) is 11.8 Å². The van der Waals surface area contributed by atoms with E-state index < -0.39 is 0 Å². The highest BCUT2D eigenvalue weighted by Crippen LogP contribution is 2.38. The van der Waals surface area contributed by atoms with Crippen LogP contribution < -0.4 is 5.32 Å². The number of benzene rings is 1. The number of amides is 1. The smallest absolute Gasteiger partial charge is 0.227 e. The van der Waals surface area contributed by atoms with Crippen molar-refractivity contribution >= 4 is 22.5 Å². The van der Waals surface area contributed by atoms with Gasteiger partial charge >= 0.3 is 0 Å². The molecule has 1 aromatic heterocycles. The number of fused-ring (bicyclic) bond motifs is 1. The molecule has 1 heterocycles. The number of carbonyl (C=O) groups is 1. The van der Waals surface area contributed by atoms with Gasteiger partial charge in [0.05, 0.1) is 5.52 Å². The molecule has 2 aromatic rings. The Balaban J connectivity index is 1.85. The second kappa shape index (κ2) is 4.16. The van der Waals surface area contributed by atoms with Crippen LogP contribution in [0.5, 0.6) is 0 Å². The summed E-state index contributed by atoms with van der Waals surface area (Å²) in [7, 11) is 0. The maximum absolute atomic E-state index is 11.9. The Morgan fingerprint density at radius 3 is 2.89 bits per heavy atom. The number of rotatable bonds is 3. The summed E-state index contributed by atoms with van der Waals surface area (Å²) in [5.41, 5.74) is 2.08. The molecular formula is C15H18N2O. The quantitative estimate of drug-likeness (QED) is 0.880. The van der Waals surface area contributed by atoms with Crippen LogP contribution in [0, 0.1) is 11.8 Å². The van der Waals surface area contributed by atoms with Crippen molar-refractivity contribution < 1.29 is 4.79 Å². The summed E-state index contributed by atoms with van der Waals surface area (Å²) in [5, 5.41) is 4.23. The summed E-state index contributed by atoms with van der Waals surface area (Å²) >= 11 is 0. The van der Waals surface area contributed by atoms with E-state index in [2.05, 4.69) is 48.1 Å². The molecule has 3 nitrogen and oxygen atoms in total. The number of hydrogen-bond acceptors (Lipinski definition) is 1. The third-order valence-electron chi connectivity index (χ3n) is 3.83. The van der Waals surface area contributed by atoms with Crippen molar-refractivity contribution in [1.82, 2.24) is 4.57 Å². The van der Waals surface area contributed by atoms with Crippen LogP contribution >= 0.6 is 0 Å². The maximum atomic E-state index is 11.9. The van der Waals surface area contributed by atoms with Crippen molar-refractivity contribution in [3.8, 4) is 0 Å². The fraction of sp³-hybridized carbons (Fsp3) is 0.400. The number of aromatic nitrogens is 1. The van der Waals surface area contributed by atoms with Crippen LogP contribution in [0.4, 0.5) is 5.69 Å². The number of nitrogens with one attached hydrogen (secondary N) is 1. The summed E-state index contributed by atoms with van der Waals surface area (Å²) < 4.78 is 2.19. The molecule has 3 rings (SSSR count). The average molecular weight is 242 g/mol. The zero-order valence-corrected chi connectivity index (χ0v) is 10.8. The van der Waals surface area contributed by atoms with Gasteiger partial charge in [-0.1, -0.05) is 13.0 Å². The SMILES string of the molecule is CCn1ccc2ccc(NC(=O)C3CC3C)cc21. The van der Waals surface area contributed by atoms with Gasteiger partial charge in [0.2, 0.25) is 5.91 Å². The molecule has 1 N–H and O–H groups in total. The molecular weight excluding hydrogens is 224 g/mol. The van der Waals surface area contributed by atoms with E-state index in [4.69, 9.17) is 0 Å². The topological polar surface area (TPSA) is 34.0 Å². The van der Waals surface area contributed by atoms with E-state index in [0.29, 0.717) is 5.92 Å². The van der Waals surface area contributed by atoms with Crippen molar-refractivity contribution in [3.63, 3.8) is 0 Å². The molecule has 18 heavy (non-hydrogen) atoms. The molecule has 2 unspecified atom stereocenters. The van der Waals surface area contributed by atoms with Gasteiger partial charge in [-0.3, -0.25) is 4.79 Å². The Bertz CT molecular complexity index is 600. The van der Waals surface area contributed by atoms with E-state index >= 15 is 0 Å². The fourth-order valence-electron chi connectivity index (χ4n) is 2.46. The van der Waals surface area contributed by atoms with Gasteiger partial charge in [-0.25, -0.2) is 0 Å². The fourth-order valence-corrected chi connectivity index (χ4v) is 2.46. The van der Waals surface area contributed by atoms with Crippen LogP contribution in [0.25, 0.3) is 10.9 Å². The Labute approximate surface area is 107 Å². The molecule has 1 aromatic carbocycles. The van der Waals surface area contributed by atoms with Crippen LogP contribution in [0.3, 0.4) is 0 Å². The normalized spacial score (nSPS) is 22.1. The van der Waals surface area contributed by atoms with Crippen molar-refractivity contribution in [2.45, 2.75) is 26.8 Å². The molecule has 1 aliphatic rings. The minimum Gasteiger partial charge on any atom is -0.348 e. The monoisotopic (exact) mass is 242 g/mol. The van der Waals surface area contributed by atoms with Gasteiger partial charge in [0.15, 0.2) is 0 Å². The van der Waals surface area contributed by atoms with Crippen molar-refractivity contribution in [2.24, 2.45) is 11.8 Å². The predicted octanol–water partition coefficient (Wildman–Crippen LogP) is 3.26. The lowest BCUT2D eigenvalue weighted by Gasteiger charge is -2.06. The Morgan fingerprint density at radius 1 is 1.44 bits per heavy atom. The van der Waals surface area contributed by atoms with Crippen LogP contribution in [0.1, 0.15) is 20.3 Å². The molecule has 1 saturated carbocycles. The van der Waals surface area contributed by atoms with E-state index in [1.807, 2.05) is 6.07 Å². The number of nitrogens with zero attached hydrogens (tertiary/aromatic N) is 1. The lowest BCUT2D eigenvalue weighted by Crippen LogP contribution is -2.14. The first-order valence-corrected chi connectivity index (χ1v) is 6.59. The minimum atomic E-state index is 0.163. The third-order valence-corrected chi connectivity index (χ3v) is 3.83. The molecule has 1 fully saturated rings. The molecule has 0 aliphatic heterocycles. The predicted molar refractivity (Wildman–Crippen MR) is 73.5 cm³/mol. The summed E-state index contributed by atoms with van der Waals surface area (Å²) in [6.45, 7) is 5.19. The lowest BCUT2D eigenvalue weighted by atomic mass is 10.2. The molecule has 1 amide bonds. The lowest BCUT2D eigenvalue weighted by molar-refractivity contribution is -0.117. The number of carbonyl (C=O) groups excluding carboxylic acids is 1. The first kappa shape index (κ1) is 11.3. The van der Waals surface area contributed by atoms with Gasteiger partial charge in [0.1, 0.15) is 0 Å². The van der Waals surface area contributed by atoms with Crippen molar-refractivity contribution in [3.05, 3.63) is 30.5 Å². The Hall–Kier alpha value is -1.77. The molecule has 0 spiro atoms. The Kier molecular flexibility index (Phi) is 2.62. The average Bonchev–Trinajstić information content (AvgIpc) is 2.96. The Morgan fingerprint density at radius 2 is 2.22 bits per heavy atom. The second-order valence-electron chi connectivity index (χ2n) is 5.18. The van der Waals surface area contributed by atoms with Gasteiger partial charge in [0, 0.05) is 24.3 Å². The van der Waals surface area contributed by atoms with E-state index in [1.165, 1.54) is 10.9 Å². The zero-order chi connectivity index (χ0) is 12.7. The molecule has 94 valence electrons. The first-order chi connectivity index (χ1) is 8.69. The molecule has 3 heteroatoms. The molecule has 0 saturated heterocycles.